The number of carbonyl (C=O) groups is 2. The number of para-hydroxylation sites is 1. The highest BCUT2D eigenvalue weighted by Crippen LogP contribution is 2.45. The Bertz CT molecular complexity index is 1620. The highest BCUT2D eigenvalue weighted by atomic mass is 35.5. The fourth-order valence-electron chi connectivity index (χ4n) is 5.70. The van der Waals surface area contributed by atoms with Crippen molar-refractivity contribution in [3.05, 3.63) is 99.8 Å². The Morgan fingerprint density at radius 2 is 1.75 bits per heavy atom. The summed E-state index contributed by atoms with van der Waals surface area (Å²) in [4.78, 5) is 27.5. The van der Waals surface area contributed by atoms with Gasteiger partial charge in [-0.3, -0.25) is 13.9 Å². The van der Waals surface area contributed by atoms with Gasteiger partial charge in [-0.25, -0.2) is 12.8 Å². The van der Waals surface area contributed by atoms with Crippen LogP contribution in [0.25, 0.3) is 0 Å². The number of hydrogen-bond acceptors (Lipinski definition) is 5. The van der Waals surface area contributed by atoms with Gasteiger partial charge in [0.15, 0.2) is 0 Å². The summed E-state index contributed by atoms with van der Waals surface area (Å²) in [5, 5.41) is 9.72. The summed E-state index contributed by atoms with van der Waals surface area (Å²) in [7, 11) is -3.95. The Kier molecular flexibility index (Phi) is 9.84. The minimum absolute atomic E-state index is 0.0876. The molecule has 0 bridgehead atoms. The van der Waals surface area contributed by atoms with Gasteiger partial charge in [0.05, 0.1) is 29.6 Å². The van der Waals surface area contributed by atoms with Gasteiger partial charge >= 0.3 is 5.97 Å². The SMILES string of the molecule is CCC(CN(c1ccccc1F)S(=O)(=O)C1CC1)N1C(=O)[C@H](CCC(=O)O)OC(c2cccc(Cl)c2)[C@H]1c1ccc(Cl)cc1. The average molecular weight is 664 g/mol. The van der Waals surface area contributed by atoms with Gasteiger partial charge in [-0.2, -0.15) is 0 Å². The zero-order chi connectivity index (χ0) is 31.6. The zero-order valence-electron chi connectivity index (χ0n) is 24.0. The van der Waals surface area contributed by atoms with Crippen LogP contribution >= 0.6 is 23.2 Å². The van der Waals surface area contributed by atoms with E-state index in [0.717, 1.165) is 4.31 Å². The lowest BCUT2D eigenvalue weighted by atomic mass is 9.89. The largest absolute Gasteiger partial charge is 0.481 e. The number of halogens is 3. The quantitative estimate of drug-likeness (QED) is 0.229. The van der Waals surface area contributed by atoms with Crippen LogP contribution in [0.2, 0.25) is 10.0 Å². The third-order valence-electron chi connectivity index (χ3n) is 8.05. The van der Waals surface area contributed by atoms with E-state index in [-0.39, 0.29) is 25.1 Å². The first-order chi connectivity index (χ1) is 21.0. The van der Waals surface area contributed by atoms with Crippen molar-refractivity contribution in [2.45, 2.75) is 68.6 Å². The lowest BCUT2D eigenvalue weighted by Gasteiger charge is -2.49. The number of hydrogen-bond donors (Lipinski definition) is 1. The molecule has 2 fully saturated rings. The Hall–Kier alpha value is -3.18. The molecule has 8 nitrogen and oxygen atoms in total. The maximum Gasteiger partial charge on any atom is 0.303 e. The number of morpholine rings is 1. The van der Waals surface area contributed by atoms with Gasteiger partial charge < -0.3 is 14.7 Å². The fraction of sp³-hybridized carbons (Fsp3) is 0.375. The number of aliphatic carboxylic acids is 1. The number of carbonyl (C=O) groups excluding carboxylic acids is 1. The molecule has 1 amide bonds. The lowest BCUT2D eigenvalue weighted by Crippen LogP contribution is -2.58. The highest BCUT2D eigenvalue weighted by molar-refractivity contribution is 7.93. The molecular formula is C32H33Cl2FN2O6S. The van der Waals surface area contributed by atoms with Crippen LogP contribution in [0.1, 0.15) is 62.3 Å². The molecule has 234 valence electrons. The van der Waals surface area contributed by atoms with Gasteiger partial charge in [0.25, 0.3) is 5.91 Å². The molecule has 1 heterocycles. The topological polar surface area (TPSA) is 104 Å². The molecule has 0 radical (unpaired) electrons. The van der Waals surface area contributed by atoms with Crippen LogP contribution < -0.4 is 4.31 Å². The van der Waals surface area contributed by atoms with Crippen LogP contribution in [0.4, 0.5) is 10.1 Å². The second kappa shape index (κ2) is 13.4. The van der Waals surface area contributed by atoms with Gasteiger partial charge in [0, 0.05) is 16.5 Å². The van der Waals surface area contributed by atoms with Crippen molar-refractivity contribution in [1.82, 2.24) is 4.90 Å². The normalized spacial score (nSPS) is 21.2. The van der Waals surface area contributed by atoms with Gasteiger partial charge in [-0.05, 0) is 73.2 Å². The summed E-state index contributed by atoms with van der Waals surface area (Å²) < 4.78 is 50.2. The molecule has 3 aromatic rings. The van der Waals surface area contributed by atoms with E-state index in [1.807, 2.05) is 13.0 Å². The maximum atomic E-state index is 15.2. The van der Waals surface area contributed by atoms with E-state index in [4.69, 9.17) is 27.9 Å². The number of sulfonamides is 1. The number of carboxylic acids is 1. The molecule has 0 aromatic heterocycles. The summed E-state index contributed by atoms with van der Waals surface area (Å²) in [6, 6.07) is 18.1. The van der Waals surface area contributed by atoms with Gasteiger partial charge in [0.2, 0.25) is 10.0 Å². The Morgan fingerprint density at radius 3 is 2.36 bits per heavy atom. The van der Waals surface area contributed by atoms with Crippen LogP contribution in [0.15, 0.2) is 72.8 Å². The molecule has 1 saturated carbocycles. The smallest absolute Gasteiger partial charge is 0.303 e. The number of carboxylic acid groups (broad SMARTS) is 1. The van der Waals surface area contributed by atoms with Crippen LogP contribution in [-0.2, 0) is 24.3 Å². The first-order valence-corrected chi connectivity index (χ1v) is 16.7. The summed E-state index contributed by atoms with van der Waals surface area (Å²) in [6.45, 7) is 1.62. The van der Waals surface area contributed by atoms with Crippen molar-refractivity contribution in [1.29, 1.82) is 0 Å². The Morgan fingerprint density at radius 1 is 1.05 bits per heavy atom. The van der Waals surface area contributed by atoms with Crippen molar-refractivity contribution in [2.24, 2.45) is 0 Å². The van der Waals surface area contributed by atoms with E-state index < -0.39 is 57.3 Å². The number of ether oxygens (including phenoxy) is 1. The summed E-state index contributed by atoms with van der Waals surface area (Å²) in [5.41, 5.74) is 1.24. The highest BCUT2D eigenvalue weighted by Gasteiger charge is 2.48. The number of benzene rings is 3. The van der Waals surface area contributed by atoms with E-state index in [1.54, 1.807) is 53.4 Å². The van der Waals surface area contributed by atoms with Crippen LogP contribution in [-0.4, -0.2) is 54.2 Å². The summed E-state index contributed by atoms with van der Waals surface area (Å²) in [5.74, 6) is -2.25. The molecule has 1 aliphatic heterocycles. The number of anilines is 1. The Balaban J connectivity index is 1.64. The van der Waals surface area contributed by atoms with Crippen LogP contribution in [0.3, 0.4) is 0 Å². The molecule has 1 aliphatic carbocycles. The monoisotopic (exact) mass is 662 g/mol. The molecule has 1 N–H and O–H groups in total. The second-order valence-corrected chi connectivity index (χ2v) is 14.1. The molecule has 12 heteroatoms. The molecule has 0 spiro atoms. The molecule has 4 atom stereocenters. The number of rotatable bonds is 12. The van der Waals surface area contributed by atoms with Crippen molar-refractivity contribution < 1.29 is 32.2 Å². The first kappa shape index (κ1) is 32.2. The Labute approximate surface area is 266 Å². The molecule has 44 heavy (non-hydrogen) atoms. The number of nitrogens with zero attached hydrogens (tertiary/aromatic N) is 2. The molecule has 1 saturated heterocycles. The predicted molar refractivity (Wildman–Crippen MR) is 167 cm³/mol. The van der Waals surface area contributed by atoms with Gasteiger partial charge in [0.1, 0.15) is 18.0 Å². The molecule has 2 aliphatic rings. The fourth-order valence-corrected chi connectivity index (χ4v) is 7.91. The summed E-state index contributed by atoms with van der Waals surface area (Å²) in [6.07, 6.45) is -1.06. The van der Waals surface area contributed by atoms with Crippen LogP contribution in [0, 0.1) is 5.82 Å². The van der Waals surface area contributed by atoms with Gasteiger partial charge in [-0.15, -0.1) is 0 Å². The standard InChI is InChI=1S/C32H33Cl2FN2O6S/c1-2-24(19-36(44(41,42)25-14-15-25)27-9-4-3-8-26(27)35)37-30(20-10-12-22(33)13-11-20)31(21-6-5-7-23(34)18-21)43-28(32(37)40)16-17-29(38)39/h3-13,18,24-25,28,30-31H,2,14-17,19H2,1H3,(H,38,39)/t24?,28-,30+,31?/m0/s1. The van der Waals surface area contributed by atoms with Crippen molar-refractivity contribution in [3.63, 3.8) is 0 Å². The van der Waals surface area contributed by atoms with E-state index in [1.165, 1.54) is 18.2 Å². The zero-order valence-corrected chi connectivity index (χ0v) is 26.3. The maximum absolute atomic E-state index is 15.2. The van der Waals surface area contributed by atoms with Crippen molar-refractivity contribution in [3.8, 4) is 0 Å². The van der Waals surface area contributed by atoms with E-state index in [0.29, 0.717) is 40.4 Å². The van der Waals surface area contributed by atoms with Crippen molar-refractivity contribution in [2.75, 3.05) is 10.8 Å². The lowest BCUT2D eigenvalue weighted by molar-refractivity contribution is -0.180. The van der Waals surface area contributed by atoms with E-state index >= 15 is 4.39 Å². The number of amides is 1. The van der Waals surface area contributed by atoms with E-state index in [9.17, 15) is 23.1 Å². The third-order valence-corrected chi connectivity index (χ3v) is 10.8. The minimum Gasteiger partial charge on any atom is -0.481 e. The summed E-state index contributed by atoms with van der Waals surface area (Å²) >= 11 is 12.6. The first-order valence-electron chi connectivity index (χ1n) is 14.5. The average Bonchev–Trinajstić information content (AvgIpc) is 3.85. The minimum atomic E-state index is -3.95. The second-order valence-electron chi connectivity index (χ2n) is 11.1. The molecule has 5 rings (SSSR count). The van der Waals surface area contributed by atoms with Gasteiger partial charge in [-0.1, -0.05) is 66.5 Å². The molecular weight excluding hydrogens is 630 g/mol. The molecule has 2 unspecified atom stereocenters. The molecule has 3 aromatic carbocycles. The van der Waals surface area contributed by atoms with E-state index in [2.05, 4.69) is 0 Å². The van der Waals surface area contributed by atoms with Crippen LogP contribution in [0.5, 0.6) is 0 Å². The van der Waals surface area contributed by atoms with Crippen molar-refractivity contribution >= 4 is 50.8 Å². The predicted octanol–water partition coefficient (Wildman–Crippen LogP) is 6.78. The third kappa shape index (κ3) is 6.88.